The van der Waals surface area contributed by atoms with Crippen molar-refractivity contribution >= 4 is 0 Å². The Morgan fingerprint density at radius 3 is 2.62 bits per heavy atom. The fraction of sp³-hybridized carbons (Fsp3) is 0.438. The van der Waals surface area contributed by atoms with E-state index >= 15 is 0 Å². The lowest BCUT2D eigenvalue weighted by Gasteiger charge is -2.15. The monoisotopic (exact) mass is 293 g/mol. The number of nitrogens with one attached hydrogen (secondary N) is 1. The number of rotatable bonds is 7. The Balaban J connectivity index is 1.93. The molecule has 1 aromatic heterocycles. The normalized spacial score (nSPS) is 12.6. The molecule has 0 saturated heterocycles. The molecule has 0 bridgehead atoms. The molecule has 1 N–H and O–H groups in total. The van der Waals surface area contributed by atoms with E-state index in [1.54, 1.807) is 6.20 Å². The maximum atomic E-state index is 13.6. The smallest absolute Gasteiger partial charge is 0.129 e. The Kier molecular flexibility index (Phi) is 5.44. The summed E-state index contributed by atoms with van der Waals surface area (Å²) in [7, 11) is 0. The zero-order valence-electron chi connectivity index (χ0n) is 12.4. The molecule has 2 aromatic rings. The second-order valence-corrected chi connectivity index (χ2v) is 5.23. The third-order valence-electron chi connectivity index (χ3n) is 3.44. The quantitative estimate of drug-likeness (QED) is 0.849. The Hall–Kier alpha value is -1.75. The second kappa shape index (κ2) is 7.31. The largest absolute Gasteiger partial charge is 0.308 e. The number of aromatic nitrogens is 2. The van der Waals surface area contributed by atoms with Crippen molar-refractivity contribution < 1.29 is 8.78 Å². The summed E-state index contributed by atoms with van der Waals surface area (Å²) in [6.07, 6.45) is 3.11. The van der Waals surface area contributed by atoms with Crippen molar-refractivity contribution in [2.24, 2.45) is 0 Å². The van der Waals surface area contributed by atoms with Gasteiger partial charge in [0.15, 0.2) is 0 Å². The number of hydrogen-bond donors (Lipinski definition) is 1. The summed E-state index contributed by atoms with van der Waals surface area (Å²) < 4.78 is 29.2. The van der Waals surface area contributed by atoms with Crippen molar-refractivity contribution in [1.82, 2.24) is 15.1 Å². The highest BCUT2D eigenvalue weighted by Crippen LogP contribution is 2.14. The van der Waals surface area contributed by atoms with E-state index in [1.807, 2.05) is 17.7 Å². The second-order valence-electron chi connectivity index (χ2n) is 5.23. The van der Waals surface area contributed by atoms with Crippen LogP contribution >= 0.6 is 0 Å². The van der Waals surface area contributed by atoms with Crippen molar-refractivity contribution in [1.29, 1.82) is 0 Å². The van der Waals surface area contributed by atoms with Crippen LogP contribution in [0.15, 0.2) is 30.5 Å². The average Bonchev–Trinajstić information content (AvgIpc) is 2.89. The third kappa shape index (κ3) is 4.11. The molecule has 2 rings (SSSR count). The first-order valence-corrected chi connectivity index (χ1v) is 7.28. The van der Waals surface area contributed by atoms with Crippen LogP contribution in [0.25, 0.3) is 0 Å². The van der Waals surface area contributed by atoms with E-state index in [9.17, 15) is 8.78 Å². The Morgan fingerprint density at radius 1 is 1.24 bits per heavy atom. The Morgan fingerprint density at radius 2 is 1.95 bits per heavy atom. The van der Waals surface area contributed by atoms with E-state index in [1.165, 1.54) is 18.2 Å². The number of benzene rings is 1. The average molecular weight is 293 g/mol. The molecule has 1 heterocycles. The fourth-order valence-electron chi connectivity index (χ4n) is 2.31. The lowest BCUT2D eigenvalue weighted by atomic mass is 10.1. The summed E-state index contributed by atoms with van der Waals surface area (Å²) in [5.41, 5.74) is 1.22. The van der Waals surface area contributed by atoms with Crippen molar-refractivity contribution in [3.63, 3.8) is 0 Å². The molecular formula is C16H21F2N3. The molecule has 0 aliphatic heterocycles. The number of aryl methyl sites for hydroxylation is 1. The summed E-state index contributed by atoms with van der Waals surface area (Å²) >= 11 is 0. The molecule has 0 aliphatic carbocycles. The van der Waals surface area contributed by atoms with Gasteiger partial charge in [-0.25, -0.2) is 8.78 Å². The first-order chi connectivity index (χ1) is 10.1. The van der Waals surface area contributed by atoms with Gasteiger partial charge >= 0.3 is 0 Å². The minimum atomic E-state index is -0.486. The maximum absolute atomic E-state index is 13.6. The van der Waals surface area contributed by atoms with E-state index < -0.39 is 11.6 Å². The number of hydrogen-bond acceptors (Lipinski definition) is 2. The Labute approximate surface area is 124 Å². The van der Waals surface area contributed by atoms with Gasteiger partial charge in [0.25, 0.3) is 0 Å². The predicted molar refractivity (Wildman–Crippen MR) is 78.9 cm³/mol. The van der Waals surface area contributed by atoms with Crippen molar-refractivity contribution in [3.05, 3.63) is 53.4 Å². The van der Waals surface area contributed by atoms with Gasteiger partial charge < -0.3 is 5.32 Å². The molecule has 21 heavy (non-hydrogen) atoms. The van der Waals surface area contributed by atoms with Crippen molar-refractivity contribution in [2.45, 2.75) is 45.8 Å². The third-order valence-corrected chi connectivity index (χ3v) is 3.44. The van der Waals surface area contributed by atoms with Crippen LogP contribution in [-0.4, -0.2) is 15.8 Å². The van der Waals surface area contributed by atoms with Crippen molar-refractivity contribution in [3.8, 4) is 0 Å². The maximum Gasteiger partial charge on any atom is 0.129 e. The SMILES string of the molecule is CCCn1nccc1CNC(C)Cc1c(F)cccc1F. The van der Waals surface area contributed by atoms with Gasteiger partial charge in [-0.15, -0.1) is 0 Å². The summed E-state index contributed by atoms with van der Waals surface area (Å²) in [5.74, 6) is -0.973. The van der Waals surface area contributed by atoms with Gasteiger partial charge in [0.1, 0.15) is 11.6 Å². The number of nitrogens with zero attached hydrogens (tertiary/aromatic N) is 2. The first kappa shape index (κ1) is 15.6. The predicted octanol–water partition coefficient (Wildman–Crippen LogP) is 3.29. The van der Waals surface area contributed by atoms with Crippen LogP contribution in [-0.2, 0) is 19.5 Å². The lowest BCUT2D eigenvalue weighted by Crippen LogP contribution is -2.29. The molecule has 1 aromatic carbocycles. The van der Waals surface area contributed by atoms with Crippen LogP contribution in [0.3, 0.4) is 0 Å². The van der Waals surface area contributed by atoms with Gasteiger partial charge in [-0.3, -0.25) is 4.68 Å². The van der Waals surface area contributed by atoms with Gasteiger partial charge in [-0.2, -0.15) is 5.10 Å². The van der Waals surface area contributed by atoms with Crippen LogP contribution in [0.1, 0.15) is 31.5 Å². The molecule has 0 amide bonds. The highest BCUT2D eigenvalue weighted by molar-refractivity contribution is 5.20. The molecule has 0 saturated carbocycles. The molecule has 0 fully saturated rings. The highest BCUT2D eigenvalue weighted by Gasteiger charge is 2.12. The minimum Gasteiger partial charge on any atom is -0.308 e. The summed E-state index contributed by atoms with van der Waals surface area (Å²) in [6.45, 7) is 5.53. The molecule has 0 radical (unpaired) electrons. The topological polar surface area (TPSA) is 29.9 Å². The van der Waals surface area contributed by atoms with Crippen LogP contribution in [0, 0.1) is 11.6 Å². The highest BCUT2D eigenvalue weighted by atomic mass is 19.1. The van der Waals surface area contributed by atoms with Crippen molar-refractivity contribution in [2.75, 3.05) is 0 Å². The molecule has 0 spiro atoms. The number of halogens is 2. The fourth-order valence-corrected chi connectivity index (χ4v) is 2.31. The van der Waals surface area contributed by atoms with E-state index in [-0.39, 0.29) is 11.6 Å². The summed E-state index contributed by atoms with van der Waals surface area (Å²) in [6, 6.07) is 5.90. The molecule has 1 atom stereocenters. The van der Waals surface area contributed by atoms with Gasteiger partial charge in [0.2, 0.25) is 0 Å². The van der Waals surface area contributed by atoms with E-state index in [0.29, 0.717) is 13.0 Å². The minimum absolute atomic E-state index is 0.0265. The van der Waals surface area contributed by atoms with Gasteiger partial charge in [0.05, 0.1) is 5.69 Å². The lowest BCUT2D eigenvalue weighted by molar-refractivity contribution is 0.481. The van der Waals surface area contributed by atoms with Crippen LogP contribution < -0.4 is 5.32 Å². The van der Waals surface area contributed by atoms with E-state index in [4.69, 9.17) is 0 Å². The first-order valence-electron chi connectivity index (χ1n) is 7.28. The van der Waals surface area contributed by atoms with Crippen LogP contribution in [0.5, 0.6) is 0 Å². The molecule has 5 heteroatoms. The van der Waals surface area contributed by atoms with Crippen LogP contribution in [0.4, 0.5) is 8.78 Å². The summed E-state index contributed by atoms with van der Waals surface area (Å²) in [4.78, 5) is 0. The Bertz CT molecular complexity index is 560. The van der Waals surface area contributed by atoms with Crippen LogP contribution in [0.2, 0.25) is 0 Å². The molecule has 114 valence electrons. The van der Waals surface area contributed by atoms with Gasteiger partial charge in [-0.1, -0.05) is 13.0 Å². The zero-order valence-corrected chi connectivity index (χ0v) is 12.4. The summed E-state index contributed by atoms with van der Waals surface area (Å²) in [5, 5.41) is 7.55. The molecule has 0 aliphatic rings. The molecule has 1 unspecified atom stereocenters. The zero-order chi connectivity index (χ0) is 15.2. The standard InChI is InChI=1S/C16H21F2N3/c1-3-9-21-13(7-8-20-21)11-19-12(2)10-14-15(17)5-4-6-16(14)18/h4-8,12,19H,3,9-11H2,1-2H3. The molecule has 3 nitrogen and oxygen atoms in total. The molecular weight excluding hydrogens is 272 g/mol. The van der Waals surface area contributed by atoms with Gasteiger partial charge in [0, 0.05) is 30.9 Å². The van der Waals surface area contributed by atoms with E-state index in [2.05, 4.69) is 17.3 Å². The van der Waals surface area contributed by atoms with Gasteiger partial charge in [-0.05, 0) is 38.0 Å². The van der Waals surface area contributed by atoms with E-state index in [0.717, 1.165) is 18.7 Å².